The topological polar surface area (TPSA) is 37.4 Å². The molecular formula is C17H18Cl3NO2S. The van der Waals surface area contributed by atoms with Crippen LogP contribution >= 0.6 is 33.9 Å². The largest absolute Gasteiger partial charge is 0.301 e. The highest BCUT2D eigenvalue weighted by Crippen LogP contribution is 2.39. The number of hydrogen-bond donors (Lipinski definition) is 0. The molecule has 0 radical (unpaired) electrons. The molecule has 130 valence electrons. The second kappa shape index (κ2) is 7.63. The molecule has 1 aromatic rings. The first-order chi connectivity index (χ1) is 11.1. The van der Waals surface area contributed by atoms with Crippen molar-refractivity contribution >= 4 is 42.9 Å². The Morgan fingerprint density at radius 2 is 2.04 bits per heavy atom. The van der Waals surface area contributed by atoms with Gasteiger partial charge in [-0.15, -0.1) is 0 Å². The Morgan fingerprint density at radius 3 is 2.62 bits per heavy atom. The fraction of sp³-hybridized carbons (Fsp3) is 0.294. The van der Waals surface area contributed by atoms with Gasteiger partial charge in [-0.1, -0.05) is 41.9 Å². The fourth-order valence-electron chi connectivity index (χ4n) is 2.84. The molecule has 24 heavy (non-hydrogen) atoms. The average Bonchev–Trinajstić information content (AvgIpc) is 2.46. The number of likely N-dealkylation sites (N-methyl/N-ethyl adjacent to an activating group) is 1. The molecule has 1 unspecified atom stereocenters. The molecule has 0 aliphatic carbocycles. The maximum atomic E-state index is 11.5. The van der Waals surface area contributed by atoms with Crippen molar-refractivity contribution in [1.82, 2.24) is 4.90 Å². The molecule has 0 spiro atoms. The van der Waals surface area contributed by atoms with E-state index in [1.807, 2.05) is 32.2 Å². The quantitative estimate of drug-likeness (QED) is 0.515. The predicted molar refractivity (Wildman–Crippen MR) is 102 cm³/mol. The van der Waals surface area contributed by atoms with Crippen LogP contribution in [0.4, 0.5) is 0 Å². The lowest BCUT2D eigenvalue weighted by atomic mass is 9.84. The number of nitrogens with zero attached hydrogens (tertiary/aromatic N) is 1. The molecule has 7 heteroatoms. The molecule has 1 atom stereocenters. The zero-order chi connectivity index (χ0) is 18.1. The summed E-state index contributed by atoms with van der Waals surface area (Å²) in [6.45, 7) is 6.83. The fourth-order valence-corrected chi connectivity index (χ4v) is 3.82. The van der Waals surface area contributed by atoms with Crippen molar-refractivity contribution in [3.8, 4) is 0 Å². The molecule has 0 N–H and O–H groups in total. The van der Waals surface area contributed by atoms with Crippen LogP contribution < -0.4 is 0 Å². The standard InChI is InChI=1S/C17H18Cl3NO2S/c1-4-5-12(6-11(2)24(20,22)23)15-9-21(3)10-16-14(15)7-13(18)8-17(16)19/h4-8,15H,2,9-10H2,1,3H3/b5-4-,12-6+. The molecule has 0 saturated heterocycles. The van der Waals surface area contributed by atoms with Crippen LogP contribution in [0.5, 0.6) is 0 Å². The lowest BCUT2D eigenvalue weighted by molar-refractivity contribution is 0.295. The number of benzene rings is 1. The summed E-state index contributed by atoms with van der Waals surface area (Å²) in [5, 5.41) is 1.16. The van der Waals surface area contributed by atoms with Crippen LogP contribution in [-0.4, -0.2) is 26.9 Å². The first-order valence-corrected chi connectivity index (χ1v) is 10.3. The van der Waals surface area contributed by atoms with Crippen LogP contribution in [0.3, 0.4) is 0 Å². The third-order valence-electron chi connectivity index (χ3n) is 3.89. The number of allylic oxidation sites excluding steroid dienone is 3. The van der Waals surface area contributed by atoms with Crippen LogP contribution in [0.2, 0.25) is 10.0 Å². The summed E-state index contributed by atoms with van der Waals surface area (Å²) >= 11 is 12.5. The number of rotatable bonds is 4. The van der Waals surface area contributed by atoms with Crippen LogP contribution in [0.1, 0.15) is 24.0 Å². The Morgan fingerprint density at radius 1 is 1.38 bits per heavy atom. The highest BCUT2D eigenvalue weighted by molar-refractivity contribution is 8.16. The maximum absolute atomic E-state index is 11.5. The molecule has 0 amide bonds. The van der Waals surface area contributed by atoms with Crippen molar-refractivity contribution in [2.45, 2.75) is 19.4 Å². The van der Waals surface area contributed by atoms with E-state index in [9.17, 15) is 8.42 Å². The second-order valence-corrected chi connectivity index (χ2v) is 9.22. The summed E-state index contributed by atoms with van der Waals surface area (Å²) in [6, 6.07) is 3.61. The minimum Gasteiger partial charge on any atom is -0.301 e. The van der Waals surface area contributed by atoms with E-state index in [4.69, 9.17) is 33.9 Å². The van der Waals surface area contributed by atoms with E-state index >= 15 is 0 Å². The van der Waals surface area contributed by atoms with Crippen LogP contribution in [0.15, 0.2) is 47.4 Å². The van der Waals surface area contributed by atoms with Gasteiger partial charge in [0.15, 0.2) is 0 Å². The third kappa shape index (κ3) is 4.44. The zero-order valence-corrected chi connectivity index (χ0v) is 16.5. The summed E-state index contributed by atoms with van der Waals surface area (Å²) in [7, 11) is 3.52. The molecule has 0 fully saturated rings. The Kier molecular flexibility index (Phi) is 6.21. The van der Waals surface area contributed by atoms with Crippen molar-refractivity contribution in [1.29, 1.82) is 0 Å². The van der Waals surface area contributed by atoms with Crippen molar-refractivity contribution in [3.05, 3.63) is 68.6 Å². The van der Waals surface area contributed by atoms with Crippen molar-refractivity contribution in [2.75, 3.05) is 13.6 Å². The van der Waals surface area contributed by atoms with E-state index in [1.54, 1.807) is 6.07 Å². The maximum Gasteiger partial charge on any atom is 0.260 e. The molecular weight excluding hydrogens is 389 g/mol. The Labute approximate surface area is 157 Å². The van der Waals surface area contributed by atoms with Crippen molar-refractivity contribution in [3.63, 3.8) is 0 Å². The molecule has 1 aliphatic rings. The molecule has 1 heterocycles. The smallest absolute Gasteiger partial charge is 0.260 e. The van der Waals surface area contributed by atoms with Crippen molar-refractivity contribution in [2.24, 2.45) is 0 Å². The van der Waals surface area contributed by atoms with E-state index in [1.165, 1.54) is 6.08 Å². The third-order valence-corrected chi connectivity index (χ3v) is 5.79. The number of fused-ring (bicyclic) bond motifs is 1. The van der Waals surface area contributed by atoms with Gasteiger partial charge in [-0.2, -0.15) is 0 Å². The Bertz CT molecular complexity index is 828. The molecule has 2 rings (SSSR count). The molecule has 1 aliphatic heterocycles. The van der Waals surface area contributed by atoms with Gasteiger partial charge in [-0.25, -0.2) is 8.42 Å². The highest BCUT2D eigenvalue weighted by Gasteiger charge is 2.28. The predicted octanol–water partition coefficient (Wildman–Crippen LogP) is 5.11. The summed E-state index contributed by atoms with van der Waals surface area (Å²) in [5.41, 5.74) is 2.78. The summed E-state index contributed by atoms with van der Waals surface area (Å²) in [5.74, 6) is -0.0821. The van der Waals surface area contributed by atoms with Gasteiger partial charge in [-0.05, 0) is 48.9 Å². The van der Waals surface area contributed by atoms with Gasteiger partial charge in [-0.3, -0.25) is 0 Å². The van der Waals surface area contributed by atoms with E-state index in [0.717, 1.165) is 16.7 Å². The van der Waals surface area contributed by atoms with Gasteiger partial charge in [0.05, 0.1) is 4.91 Å². The molecule has 0 saturated carbocycles. The number of hydrogen-bond acceptors (Lipinski definition) is 3. The first-order valence-electron chi connectivity index (χ1n) is 7.27. The molecule has 3 nitrogen and oxygen atoms in total. The monoisotopic (exact) mass is 405 g/mol. The Balaban J connectivity index is 2.61. The normalized spacial score (nSPS) is 19.5. The lowest BCUT2D eigenvalue weighted by Crippen LogP contribution is -2.31. The summed E-state index contributed by atoms with van der Waals surface area (Å²) in [6.07, 6.45) is 5.21. The van der Waals surface area contributed by atoms with Crippen molar-refractivity contribution < 1.29 is 8.42 Å². The molecule has 0 bridgehead atoms. The van der Waals surface area contributed by atoms with Gasteiger partial charge in [0.2, 0.25) is 0 Å². The van der Waals surface area contributed by atoms with E-state index in [0.29, 0.717) is 23.1 Å². The van der Waals surface area contributed by atoms with Gasteiger partial charge in [0, 0.05) is 39.7 Å². The average molecular weight is 407 g/mol. The van der Waals surface area contributed by atoms with E-state index < -0.39 is 9.05 Å². The summed E-state index contributed by atoms with van der Waals surface area (Å²) < 4.78 is 23.0. The first kappa shape index (κ1) is 19.5. The van der Waals surface area contributed by atoms with Crippen LogP contribution in [0.25, 0.3) is 0 Å². The molecule has 0 aromatic heterocycles. The van der Waals surface area contributed by atoms with E-state index in [-0.39, 0.29) is 10.8 Å². The van der Waals surface area contributed by atoms with Gasteiger partial charge < -0.3 is 4.90 Å². The molecule has 1 aromatic carbocycles. The van der Waals surface area contributed by atoms with Gasteiger partial charge >= 0.3 is 0 Å². The van der Waals surface area contributed by atoms with Gasteiger partial charge in [0.25, 0.3) is 9.05 Å². The lowest BCUT2D eigenvalue weighted by Gasteiger charge is -2.34. The highest BCUT2D eigenvalue weighted by atomic mass is 35.7. The van der Waals surface area contributed by atoms with Crippen LogP contribution in [0, 0.1) is 0 Å². The second-order valence-electron chi connectivity index (χ2n) is 5.75. The summed E-state index contributed by atoms with van der Waals surface area (Å²) in [4.78, 5) is 1.99. The van der Waals surface area contributed by atoms with Crippen LogP contribution in [-0.2, 0) is 15.6 Å². The zero-order valence-electron chi connectivity index (χ0n) is 13.4. The minimum absolute atomic E-state index is 0.0821. The number of halogens is 3. The SMILES string of the molecule is C=C(/C=C(\C=C/C)C1CN(C)Cc2c(Cl)cc(Cl)cc21)S(=O)(=O)Cl. The minimum atomic E-state index is -3.86. The van der Waals surface area contributed by atoms with E-state index in [2.05, 4.69) is 11.5 Å². The van der Waals surface area contributed by atoms with Gasteiger partial charge in [0.1, 0.15) is 0 Å². The Hall–Kier alpha value is -0.780.